The fourth-order valence-corrected chi connectivity index (χ4v) is 3.40. The van der Waals surface area contributed by atoms with Crippen molar-refractivity contribution in [1.82, 2.24) is 0 Å². The maximum absolute atomic E-state index is 12.4. The summed E-state index contributed by atoms with van der Waals surface area (Å²) in [5, 5.41) is 0. The van der Waals surface area contributed by atoms with Gasteiger partial charge in [0.15, 0.2) is 23.5 Å². The van der Waals surface area contributed by atoms with Crippen LogP contribution in [0, 0.1) is 0 Å². The summed E-state index contributed by atoms with van der Waals surface area (Å²) in [6, 6.07) is 0. The number of carbonyl (C=O) groups is 1. The van der Waals surface area contributed by atoms with Gasteiger partial charge in [0.1, 0.15) is 18.3 Å². The van der Waals surface area contributed by atoms with Crippen molar-refractivity contribution >= 4 is 5.78 Å². The van der Waals surface area contributed by atoms with Crippen molar-refractivity contribution in [2.24, 2.45) is 0 Å². The smallest absolute Gasteiger partial charge is 0.187 e. The molecule has 1 spiro atoms. The van der Waals surface area contributed by atoms with Crippen LogP contribution in [0.25, 0.3) is 0 Å². The highest BCUT2D eigenvalue weighted by Crippen LogP contribution is 2.52. The second kappa shape index (κ2) is 4.49. The number of Topliss-reactive ketones (excluding diaryl/α,β-unsaturated/α-hetero) is 1. The lowest BCUT2D eigenvalue weighted by atomic mass is 9.71. The van der Waals surface area contributed by atoms with E-state index in [1.165, 1.54) is 7.11 Å². The van der Waals surface area contributed by atoms with E-state index < -0.39 is 29.9 Å². The fourth-order valence-electron chi connectivity index (χ4n) is 3.40. The third-order valence-corrected chi connectivity index (χ3v) is 4.14. The number of hydrogen-bond acceptors (Lipinski definition) is 6. The zero-order valence-corrected chi connectivity index (χ0v) is 13.5. The first-order chi connectivity index (χ1) is 9.59. The minimum atomic E-state index is -1.10. The van der Waals surface area contributed by atoms with Crippen LogP contribution >= 0.6 is 0 Å². The maximum atomic E-state index is 12.4. The number of fused-ring (bicyclic) bond motifs is 2. The molecule has 2 aliphatic heterocycles. The third-order valence-electron chi connectivity index (χ3n) is 4.14. The Labute approximate surface area is 125 Å². The Morgan fingerprint density at radius 3 is 2.38 bits per heavy atom. The first kappa shape index (κ1) is 15.4. The van der Waals surface area contributed by atoms with Gasteiger partial charge < -0.3 is 23.7 Å². The van der Waals surface area contributed by atoms with Gasteiger partial charge in [-0.3, -0.25) is 4.79 Å². The molecular weight excluding hydrogens is 276 g/mol. The predicted molar refractivity (Wildman–Crippen MR) is 72.7 cm³/mol. The van der Waals surface area contributed by atoms with Gasteiger partial charge in [0.2, 0.25) is 0 Å². The molecule has 3 rings (SSSR count). The first-order valence-electron chi connectivity index (χ1n) is 7.36. The van der Waals surface area contributed by atoms with Crippen molar-refractivity contribution in [3.8, 4) is 0 Å². The van der Waals surface area contributed by atoms with Crippen LogP contribution in [0.2, 0.25) is 0 Å². The van der Waals surface area contributed by atoms with Crippen molar-refractivity contribution in [2.75, 3.05) is 7.11 Å². The van der Waals surface area contributed by atoms with Gasteiger partial charge in [-0.15, -0.1) is 0 Å². The van der Waals surface area contributed by atoms with Gasteiger partial charge in [0.05, 0.1) is 5.60 Å². The van der Waals surface area contributed by atoms with Crippen molar-refractivity contribution in [3.05, 3.63) is 0 Å². The number of ether oxygens (including phenoxy) is 5. The van der Waals surface area contributed by atoms with Gasteiger partial charge in [-0.25, -0.2) is 0 Å². The van der Waals surface area contributed by atoms with Crippen LogP contribution in [0.5, 0.6) is 0 Å². The van der Waals surface area contributed by atoms with Gasteiger partial charge in [0, 0.05) is 13.5 Å². The molecule has 0 radical (unpaired) electrons. The summed E-state index contributed by atoms with van der Waals surface area (Å²) in [6.45, 7) is 9.53. The van der Waals surface area contributed by atoms with E-state index >= 15 is 0 Å². The second-order valence-electron chi connectivity index (χ2n) is 7.38. The average molecular weight is 300 g/mol. The summed E-state index contributed by atoms with van der Waals surface area (Å²) in [6.07, 6.45) is -1.53. The molecule has 2 heterocycles. The molecule has 3 fully saturated rings. The topological polar surface area (TPSA) is 63.2 Å². The summed E-state index contributed by atoms with van der Waals surface area (Å²) in [4.78, 5) is 12.4. The van der Waals surface area contributed by atoms with Gasteiger partial charge in [-0.2, -0.15) is 0 Å². The second-order valence-corrected chi connectivity index (χ2v) is 7.38. The van der Waals surface area contributed by atoms with Gasteiger partial charge >= 0.3 is 0 Å². The molecule has 0 aromatic heterocycles. The molecule has 0 aromatic rings. The summed E-state index contributed by atoms with van der Waals surface area (Å²) < 4.78 is 29.1. The lowest BCUT2D eigenvalue weighted by molar-refractivity contribution is -0.286. The van der Waals surface area contributed by atoms with Crippen molar-refractivity contribution in [3.63, 3.8) is 0 Å². The van der Waals surface area contributed by atoms with E-state index in [9.17, 15) is 4.79 Å². The molecule has 2 unspecified atom stereocenters. The van der Waals surface area contributed by atoms with E-state index in [1.54, 1.807) is 0 Å². The van der Waals surface area contributed by atoms with Crippen molar-refractivity contribution < 1.29 is 28.5 Å². The number of methoxy groups -OCH3 is 1. The Morgan fingerprint density at radius 1 is 1.19 bits per heavy atom. The molecule has 6 nitrogen and oxygen atoms in total. The molecule has 5 atom stereocenters. The molecule has 1 aliphatic carbocycles. The Hall–Kier alpha value is -0.530. The van der Waals surface area contributed by atoms with Gasteiger partial charge in [-0.05, 0) is 34.6 Å². The van der Waals surface area contributed by atoms with Crippen LogP contribution in [-0.4, -0.2) is 54.5 Å². The molecule has 0 aromatic carbocycles. The van der Waals surface area contributed by atoms with E-state index in [1.807, 2.05) is 34.6 Å². The highest BCUT2D eigenvalue weighted by atomic mass is 16.8. The SMILES string of the molecule is CO[C@@H]1O[C@]2(C(=O)CC2OC(C)(C)C)[C@@H]2OC(C)(C)OC12. The predicted octanol–water partition coefficient (Wildman–Crippen LogP) is 1.40. The van der Waals surface area contributed by atoms with E-state index in [4.69, 9.17) is 23.7 Å². The molecule has 3 aliphatic rings. The van der Waals surface area contributed by atoms with Crippen LogP contribution in [0.15, 0.2) is 0 Å². The molecule has 6 heteroatoms. The van der Waals surface area contributed by atoms with E-state index in [2.05, 4.69) is 0 Å². The standard InChI is InChI=1S/C15H24O6/c1-13(2,3)18-9-7-8(16)15(9)11-10(12(17-6)21-15)19-14(4,5)20-11/h9-12H,7H2,1-6H3/t9?,10?,11-,12-,15+/m1/s1. The molecule has 120 valence electrons. The van der Waals surface area contributed by atoms with Crippen molar-refractivity contribution in [1.29, 1.82) is 0 Å². The van der Waals surface area contributed by atoms with E-state index in [-0.39, 0.29) is 17.5 Å². The van der Waals surface area contributed by atoms with E-state index in [0.717, 1.165) is 0 Å². The van der Waals surface area contributed by atoms with Crippen LogP contribution < -0.4 is 0 Å². The zero-order chi connectivity index (χ0) is 15.6. The lowest BCUT2D eigenvalue weighted by Gasteiger charge is -2.48. The number of rotatable bonds is 2. The molecular formula is C15H24O6. The minimum absolute atomic E-state index is 0.00685. The van der Waals surface area contributed by atoms with Gasteiger partial charge in [-0.1, -0.05) is 0 Å². The summed E-state index contributed by atoms with van der Waals surface area (Å²) in [5.74, 6) is -0.766. The first-order valence-corrected chi connectivity index (χ1v) is 7.36. The maximum Gasteiger partial charge on any atom is 0.187 e. The summed E-state index contributed by atoms with van der Waals surface area (Å²) in [5.41, 5.74) is -1.47. The van der Waals surface area contributed by atoms with Crippen LogP contribution in [0.3, 0.4) is 0 Å². The van der Waals surface area contributed by atoms with Crippen LogP contribution in [0.1, 0.15) is 41.0 Å². The molecule has 21 heavy (non-hydrogen) atoms. The monoisotopic (exact) mass is 300 g/mol. The van der Waals surface area contributed by atoms with Crippen LogP contribution in [-0.2, 0) is 28.5 Å². The number of hydrogen-bond donors (Lipinski definition) is 0. The minimum Gasteiger partial charge on any atom is -0.369 e. The Kier molecular flexibility index (Phi) is 3.28. The van der Waals surface area contributed by atoms with Crippen molar-refractivity contribution in [2.45, 2.75) is 82.6 Å². The molecule has 1 saturated carbocycles. The highest BCUT2D eigenvalue weighted by molar-refractivity contribution is 5.96. The average Bonchev–Trinajstić information content (AvgIpc) is 2.79. The molecule has 0 N–H and O–H groups in total. The van der Waals surface area contributed by atoms with E-state index in [0.29, 0.717) is 6.42 Å². The summed E-state index contributed by atoms with van der Waals surface area (Å²) in [7, 11) is 1.54. The largest absolute Gasteiger partial charge is 0.369 e. The quantitative estimate of drug-likeness (QED) is 0.768. The Bertz CT molecular complexity index is 454. The van der Waals surface area contributed by atoms with Crippen LogP contribution in [0.4, 0.5) is 0 Å². The Morgan fingerprint density at radius 2 is 1.86 bits per heavy atom. The number of carbonyl (C=O) groups excluding carboxylic acids is 1. The molecule has 0 bridgehead atoms. The fraction of sp³-hybridized carbons (Fsp3) is 0.933. The van der Waals surface area contributed by atoms with Gasteiger partial charge in [0.25, 0.3) is 0 Å². The third kappa shape index (κ3) is 2.24. The highest BCUT2D eigenvalue weighted by Gasteiger charge is 2.74. The molecule has 2 saturated heterocycles. The zero-order valence-electron chi connectivity index (χ0n) is 13.5. The Balaban J connectivity index is 1.90. The normalized spacial score (nSPS) is 45.0. The number of ketones is 1. The lowest BCUT2D eigenvalue weighted by Crippen LogP contribution is -2.69. The summed E-state index contributed by atoms with van der Waals surface area (Å²) >= 11 is 0. The molecule has 0 amide bonds.